The van der Waals surface area contributed by atoms with Crippen molar-refractivity contribution < 1.29 is 9.53 Å². The first-order chi connectivity index (χ1) is 6.29. The van der Waals surface area contributed by atoms with E-state index < -0.39 is 0 Å². The second-order valence-corrected chi connectivity index (χ2v) is 2.66. The van der Waals surface area contributed by atoms with E-state index in [0.29, 0.717) is 19.4 Å². The van der Waals surface area contributed by atoms with Crippen molar-refractivity contribution in [3.05, 3.63) is 30.3 Å². The fourth-order valence-electron chi connectivity index (χ4n) is 0.903. The van der Waals surface area contributed by atoms with Crippen molar-refractivity contribution in [1.82, 2.24) is 0 Å². The lowest BCUT2D eigenvalue weighted by molar-refractivity contribution is -0.118. The van der Waals surface area contributed by atoms with Crippen molar-refractivity contribution in [3.8, 4) is 5.75 Å². The molecule has 0 atom stereocenters. The smallest absolute Gasteiger partial charge is 0.217 e. The molecule has 0 fully saturated rings. The van der Waals surface area contributed by atoms with Crippen molar-refractivity contribution in [2.24, 2.45) is 5.73 Å². The van der Waals surface area contributed by atoms with E-state index in [0.717, 1.165) is 5.75 Å². The Hall–Kier alpha value is -1.51. The molecule has 2 N–H and O–H groups in total. The summed E-state index contributed by atoms with van der Waals surface area (Å²) in [6.45, 7) is 0.515. The van der Waals surface area contributed by atoms with Gasteiger partial charge in [0, 0.05) is 6.42 Å². The molecule has 0 saturated carbocycles. The minimum Gasteiger partial charge on any atom is -0.494 e. The molecule has 0 heterocycles. The molecule has 0 spiro atoms. The number of benzene rings is 1. The molecule has 0 aliphatic heterocycles. The van der Waals surface area contributed by atoms with Crippen LogP contribution in [0.15, 0.2) is 24.3 Å². The van der Waals surface area contributed by atoms with Crippen LogP contribution >= 0.6 is 0 Å². The molecule has 0 aliphatic carbocycles. The van der Waals surface area contributed by atoms with Gasteiger partial charge in [-0.1, -0.05) is 12.1 Å². The molecule has 1 amide bonds. The molecule has 69 valence electrons. The van der Waals surface area contributed by atoms with Crippen LogP contribution in [0, 0.1) is 6.07 Å². The van der Waals surface area contributed by atoms with E-state index in [4.69, 9.17) is 10.5 Å². The minimum atomic E-state index is -0.289. The number of primary amides is 1. The first kappa shape index (κ1) is 9.58. The van der Waals surface area contributed by atoms with E-state index in [1.807, 2.05) is 12.1 Å². The zero-order chi connectivity index (χ0) is 9.52. The lowest BCUT2D eigenvalue weighted by atomic mass is 10.3. The van der Waals surface area contributed by atoms with Gasteiger partial charge in [-0.05, 0) is 24.6 Å². The molecule has 3 nitrogen and oxygen atoms in total. The molecular formula is C10H12NO2. The average Bonchev–Trinajstić information content (AvgIpc) is 2.14. The lowest BCUT2D eigenvalue weighted by Gasteiger charge is -2.03. The Bertz CT molecular complexity index is 259. The van der Waals surface area contributed by atoms with Gasteiger partial charge in [-0.25, -0.2) is 0 Å². The van der Waals surface area contributed by atoms with E-state index in [1.54, 1.807) is 12.1 Å². The minimum absolute atomic E-state index is 0.289. The second kappa shape index (κ2) is 5.19. The van der Waals surface area contributed by atoms with Crippen LogP contribution in [0.4, 0.5) is 0 Å². The van der Waals surface area contributed by atoms with Crippen LogP contribution in [-0.4, -0.2) is 12.5 Å². The van der Waals surface area contributed by atoms with Crippen LogP contribution in [-0.2, 0) is 4.79 Å². The van der Waals surface area contributed by atoms with Gasteiger partial charge in [0.15, 0.2) is 0 Å². The quantitative estimate of drug-likeness (QED) is 0.687. The Kier molecular flexibility index (Phi) is 3.82. The van der Waals surface area contributed by atoms with Gasteiger partial charge in [-0.2, -0.15) is 0 Å². The van der Waals surface area contributed by atoms with Crippen LogP contribution in [0.25, 0.3) is 0 Å². The van der Waals surface area contributed by atoms with Crippen molar-refractivity contribution in [1.29, 1.82) is 0 Å². The van der Waals surface area contributed by atoms with Gasteiger partial charge in [-0.3, -0.25) is 4.79 Å². The summed E-state index contributed by atoms with van der Waals surface area (Å²) in [5.74, 6) is 0.482. The molecule has 0 aromatic heterocycles. The largest absolute Gasteiger partial charge is 0.494 e. The summed E-state index contributed by atoms with van der Waals surface area (Å²) in [5.41, 5.74) is 4.97. The van der Waals surface area contributed by atoms with Gasteiger partial charge in [-0.15, -0.1) is 0 Å². The SMILES string of the molecule is NC(=O)CCCOc1c[c]ccc1. The fraction of sp³-hybridized carbons (Fsp3) is 0.300. The number of ether oxygens (including phenoxy) is 1. The van der Waals surface area contributed by atoms with E-state index in [1.165, 1.54) is 0 Å². The molecule has 0 bridgehead atoms. The molecule has 1 radical (unpaired) electrons. The highest BCUT2D eigenvalue weighted by molar-refractivity contribution is 5.73. The van der Waals surface area contributed by atoms with Gasteiger partial charge < -0.3 is 10.5 Å². The number of carbonyl (C=O) groups is 1. The predicted molar refractivity (Wildman–Crippen MR) is 49.2 cm³/mol. The predicted octanol–water partition coefficient (Wildman–Crippen LogP) is 1.13. The number of nitrogens with two attached hydrogens (primary N) is 1. The Labute approximate surface area is 77.5 Å². The molecular weight excluding hydrogens is 166 g/mol. The van der Waals surface area contributed by atoms with E-state index in [2.05, 4.69) is 6.07 Å². The third-order valence-corrected chi connectivity index (χ3v) is 1.51. The zero-order valence-corrected chi connectivity index (χ0v) is 7.32. The second-order valence-electron chi connectivity index (χ2n) is 2.66. The molecule has 3 heteroatoms. The van der Waals surface area contributed by atoms with Crippen LogP contribution < -0.4 is 10.5 Å². The Morgan fingerprint density at radius 2 is 2.46 bits per heavy atom. The number of amides is 1. The Morgan fingerprint density at radius 3 is 3.08 bits per heavy atom. The summed E-state index contributed by atoms with van der Waals surface area (Å²) in [4.78, 5) is 10.4. The van der Waals surface area contributed by atoms with E-state index in [-0.39, 0.29) is 5.91 Å². The fourth-order valence-corrected chi connectivity index (χ4v) is 0.903. The molecule has 13 heavy (non-hydrogen) atoms. The van der Waals surface area contributed by atoms with Gasteiger partial charge in [0.25, 0.3) is 0 Å². The third-order valence-electron chi connectivity index (χ3n) is 1.51. The number of hydrogen-bond donors (Lipinski definition) is 1. The lowest BCUT2D eigenvalue weighted by Crippen LogP contribution is -2.11. The van der Waals surface area contributed by atoms with Crippen LogP contribution in [0.5, 0.6) is 5.75 Å². The first-order valence-electron chi connectivity index (χ1n) is 4.16. The number of hydrogen-bond acceptors (Lipinski definition) is 2. The van der Waals surface area contributed by atoms with Crippen LogP contribution in [0.2, 0.25) is 0 Å². The number of carbonyl (C=O) groups excluding carboxylic acids is 1. The monoisotopic (exact) mass is 178 g/mol. The summed E-state index contributed by atoms with van der Waals surface area (Å²) >= 11 is 0. The molecule has 1 aromatic rings. The van der Waals surface area contributed by atoms with Crippen molar-refractivity contribution >= 4 is 5.91 Å². The molecule has 0 saturated heterocycles. The van der Waals surface area contributed by atoms with E-state index >= 15 is 0 Å². The normalized spacial score (nSPS) is 9.54. The standard InChI is InChI=1S/C10H12NO2/c11-10(12)7-4-8-13-9-5-2-1-3-6-9/h1-2,5-6H,4,7-8H2,(H2,11,12). The van der Waals surface area contributed by atoms with Crippen LogP contribution in [0.3, 0.4) is 0 Å². The van der Waals surface area contributed by atoms with Crippen molar-refractivity contribution in [2.75, 3.05) is 6.61 Å². The highest BCUT2D eigenvalue weighted by Gasteiger charge is 1.95. The third kappa shape index (κ3) is 4.15. The highest BCUT2D eigenvalue weighted by atomic mass is 16.5. The van der Waals surface area contributed by atoms with Gasteiger partial charge in [0.2, 0.25) is 5.91 Å². The topological polar surface area (TPSA) is 52.3 Å². The number of rotatable bonds is 5. The van der Waals surface area contributed by atoms with Gasteiger partial charge in [0.05, 0.1) is 6.61 Å². The summed E-state index contributed by atoms with van der Waals surface area (Å²) < 4.78 is 5.32. The summed E-state index contributed by atoms with van der Waals surface area (Å²) in [6, 6.07) is 10.1. The Morgan fingerprint density at radius 1 is 1.62 bits per heavy atom. The molecule has 1 aromatic carbocycles. The Balaban J connectivity index is 2.17. The maximum Gasteiger partial charge on any atom is 0.217 e. The maximum absolute atomic E-state index is 10.4. The average molecular weight is 178 g/mol. The van der Waals surface area contributed by atoms with Gasteiger partial charge in [0.1, 0.15) is 5.75 Å². The molecule has 0 unspecified atom stereocenters. The first-order valence-corrected chi connectivity index (χ1v) is 4.16. The molecule has 0 aliphatic rings. The summed E-state index contributed by atoms with van der Waals surface area (Å²) in [5, 5.41) is 0. The highest BCUT2D eigenvalue weighted by Crippen LogP contribution is 2.08. The maximum atomic E-state index is 10.4. The summed E-state index contributed by atoms with van der Waals surface area (Å²) in [7, 11) is 0. The van der Waals surface area contributed by atoms with Gasteiger partial charge >= 0.3 is 0 Å². The molecule has 1 rings (SSSR count). The zero-order valence-electron chi connectivity index (χ0n) is 7.32. The van der Waals surface area contributed by atoms with E-state index in [9.17, 15) is 4.79 Å². The van der Waals surface area contributed by atoms with Crippen LogP contribution in [0.1, 0.15) is 12.8 Å². The summed E-state index contributed by atoms with van der Waals surface area (Å²) in [6.07, 6.45) is 1.03. The van der Waals surface area contributed by atoms with Crippen molar-refractivity contribution in [2.45, 2.75) is 12.8 Å². The van der Waals surface area contributed by atoms with Crippen molar-refractivity contribution in [3.63, 3.8) is 0 Å².